The first-order valence-electron chi connectivity index (χ1n) is 7.54. The van der Waals surface area contributed by atoms with E-state index in [2.05, 4.69) is 25.9 Å². The molecule has 25 heavy (non-hydrogen) atoms. The normalized spacial score (nSPS) is 10.8. The van der Waals surface area contributed by atoms with Crippen LogP contribution >= 0.6 is 0 Å². The van der Waals surface area contributed by atoms with E-state index in [0.717, 1.165) is 16.9 Å². The largest absolute Gasteiger partial charge is 0.497 e. The third-order valence-corrected chi connectivity index (χ3v) is 3.27. The summed E-state index contributed by atoms with van der Waals surface area (Å²) in [5.41, 5.74) is 4.08. The van der Waals surface area contributed by atoms with Crippen LogP contribution in [0.25, 0.3) is 11.4 Å². The van der Waals surface area contributed by atoms with Gasteiger partial charge in [-0.3, -0.25) is 4.79 Å². The number of ether oxygens (including phenoxy) is 1. The van der Waals surface area contributed by atoms with Crippen molar-refractivity contribution in [3.05, 3.63) is 60.2 Å². The first-order valence-corrected chi connectivity index (χ1v) is 7.54. The van der Waals surface area contributed by atoms with Crippen molar-refractivity contribution in [2.24, 2.45) is 5.10 Å². The van der Waals surface area contributed by atoms with Crippen molar-refractivity contribution in [2.75, 3.05) is 7.11 Å². The highest BCUT2D eigenvalue weighted by molar-refractivity contribution is 5.82. The van der Waals surface area contributed by atoms with Gasteiger partial charge in [0.2, 0.25) is 5.82 Å². The fourth-order valence-corrected chi connectivity index (χ4v) is 2.08. The molecule has 0 saturated heterocycles. The number of carbonyl (C=O) groups excluding carboxylic acids is 1. The molecule has 0 aliphatic carbocycles. The highest BCUT2D eigenvalue weighted by Crippen LogP contribution is 2.12. The van der Waals surface area contributed by atoms with E-state index in [1.165, 1.54) is 11.0 Å². The molecule has 1 amide bonds. The van der Waals surface area contributed by atoms with E-state index in [-0.39, 0.29) is 12.5 Å². The summed E-state index contributed by atoms with van der Waals surface area (Å²) in [6.45, 7) is -0.0741. The number of methoxy groups -OCH3 is 1. The number of hydrogen-bond acceptors (Lipinski definition) is 6. The number of carbonyl (C=O) groups is 1. The number of nitrogens with zero attached hydrogens (tertiary/aromatic N) is 5. The second-order valence-electron chi connectivity index (χ2n) is 5.08. The number of rotatable bonds is 6. The van der Waals surface area contributed by atoms with Crippen molar-refractivity contribution in [2.45, 2.75) is 6.54 Å². The summed E-state index contributed by atoms with van der Waals surface area (Å²) in [6.07, 6.45) is 1.53. The zero-order valence-corrected chi connectivity index (χ0v) is 13.5. The topological polar surface area (TPSA) is 94.3 Å². The predicted octanol–water partition coefficient (Wildman–Crippen LogP) is 1.50. The quantitative estimate of drug-likeness (QED) is 0.544. The van der Waals surface area contributed by atoms with Crippen LogP contribution in [0.4, 0.5) is 0 Å². The second-order valence-corrected chi connectivity index (χ2v) is 5.08. The smallest absolute Gasteiger partial charge is 0.263 e. The summed E-state index contributed by atoms with van der Waals surface area (Å²) in [5, 5.41) is 15.9. The van der Waals surface area contributed by atoms with Gasteiger partial charge in [-0.1, -0.05) is 42.5 Å². The van der Waals surface area contributed by atoms with E-state index in [1.807, 2.05) is 48.5 Å². The number of tetrazole rings is 1. The summed E-state index contributed by atoms with van der Waals surface area (Å²) in [6, 6.07) is 16.8. The van der Waals surface area contributed by atoms with Gasteiger partial charge in [0.1, 0.15) is 12.3 Å². The number of amides is 1. The van der Waals surface area contributed by atoms with Gasteiger partial charge < -0.3 is 4.74 Å². The molecular formula is C17H16N6O2. The molecule has 1 N–H and O–H groups in total. The molecule has 0 atom stereocenters. The Kier molecular flexibility index (Phi) is 5.10. The van der Waals surface area contributed by atoms with Gasteiger partial charge in [0.25, 0.3) is 5.91 Å². The van der Waals surface area contributed by atoms with Crippen LogP contribution in [0.5, 0.6) is 5.75 Å². The van der Waals surface area contributed by atoms with Crippen LogP contribution in [-0.2, 0) is 11.3 Å². The molecule has 0 aliphatic heterocycles. The maximum Gasteiger partial charge on any atom is 0.263 e. The van der Waals surface area contributed by atoms with Gasteiger partial charge in [0, 0.05) is 5.56 Å². The van der Waals surface area contributed by atoms with Gasteiger partial charge in [-0.25, -0.2) is 5.43 Å². The Morgan fingerprint density at radius 2 is 2.08 bits per heavy atom. The lowest BCUT2D eigenvalue weighted by molar-refractivity contribution is -0.122. The zero-order valence-electron chi connectivity index (χ0n) is 13.5. The molecule has 2 aromatic carbocycles. The van der Waals surface area contributed by atoms with E-state index in [0.29, 0.717) is 5.82 Å². The van der Waals surface area contributed by atoms with Gasteiger partial charge in [-0.15, -0.1) is 10.2 Å². The van der Waals surface area contributed by atoms with E-state index < -0.39 is 0 Å². The molecule has 3 rings (SSSR count). The number of hydrazone groups is 1. The van der Waals surface area contributed by atoms with Crippen molar-refractivity contribution >= 4 is 12.1 Å². The molecule has 0 saturated carbocycles. The molecule has 8 nitrogen and oxygen atoms in total. The summed E-state index contributed by atoms with van der Waals surface area (Å²) >= 11 is 0. The Labute approximate surface area is 144 Å². The van der Waals surface area contributed by atoms with Gasteiger partial charge in [-0.05, 0) is 22.9 Å². The Morgan fingerprint density at radius 1 is 1.24 bits per heavy atom. The zero-order chi connectivity index (χ0) is 17.5. The second kappa shape index (κ2) is 7.82. The Balaban J connectivity index is 1.56. The van der Waals surface area contributed by atoms with Gasteiger partial charge in [0.05, 0.1) is 13.3 Å². The van der Waals surface area contributed by atoms with Crippen LogP contribution in [0.2, 0.25) is 0 Å². The minimum Gasteiger partial charge on any atom is -0.497 e. The molecule has 0 fully saturated rings. The Morgan fingerprint density at radius 3 is 2.88 bits per heavy atom. The fraction of sp³-hybridized carbons (Fsp3) is 0.118. The van der Waals surface area contributed by atoms with E-state index >= 15 is 0 Å². The molecule has 0 radical (unpaired) electrons. The summed E-state index contributed by atoms with van der Waals surface area (Å²) in [4.78, 5) is 13.1. The third-order valence-electron chi connectivity index (χ3n) is 3.27. The van der Waals surface area contributed by atoms with Crippen LogP contribution in [0.3, 0.4) is 0 Å². The molecule has 126 valence electrons. The van der Waals surface area contributed by atoms with Crippen LogP contribution in [0.15, 0.2) is 59.7 Å². The number of benzene rings is 2. The van der Waals surface area contributed by atoms with E-state index in [9.17, 15) is 4.79 Å². The highest BCUT2D eigenvalue weighted by atomic mass is 16.5. The third kappa shape index (κ3) is 4.47. The lowest BCUT2D eigenvalue weighted by Crippen LogP contribution is -2.24. The Bertz CT molecular complexity index is 876. The predicted molar refractivity (Wildman–Crippen MR) is 92.0 cm³/mol. The first-order chi connectivity index (χ1) is 12.2. The monoisotopic (exact) mass is 336 g/mol. The summed E-state index contributed by atoms with van der Waals surface area (Å²) < 4.78 is 5.12. The van der Waals surface area contributed by atoms with Crippen LogP contribution in [0, 0.1) is 0 Å². The molecule has 1 heterocycles. The summed E-state index contributed by atoms with van der Waals surface area (Å²) in [7, 11) is 1.59. The van der Waals surface area contributed by atoms with Crippen LogP contribution in [-0.4, -0.2) is 39.4 Å². The van der Waals surface area contributed by atoms with Crippen molar-refractivity contribution < 1.29 is 9.53 Å². The lowest BCUT2D eigenvalue weighted by Gasteiger charge is -2.00. The molecule has 3 aromatic rings. The van der Waals surface area contributed by atoms with Crippen LogP contribution in [0.1, 0.15) is 5.56 Å². The molecule has 0 unspecified atom stereocenters. The minimum absolute atomic E-state index is 0.0741. The average molecular weight is 336 g/mol. The molecule has 0 bridgehead atoms. The molecular weight excluding hydrogens is 320 g/mol. The molecule has 0 spiro atoms. The molecule has 1 aromatic heterocycles. The number of hydrogen-bond donors (Lipinski definition) is 1. The van der Waals surface area contributed by atoms with Crippen molar-refractivity contribution in [3.63, 3.8) is 0 Å². The van der Waals surface area contributed by atoms with Gasteiger partial charge in [0.15, 0.2) is 0 Å². The average Bonchev–Trinajstić information content (AvgIpc) is 3.11. The van der Waals surface area contributed by atoms with E-state index in [4.69, 9.17) is 4.74 Å². The lowest BCUT2D eigenvalue weighted by atomic mass is 10.2. The first kappa shape index (κ1) is 16.3. The molecule has 8 heteroatoms. The molecule has 0 aliphatic rings. The Hall–Kier alpha value is -3.55. The minimum atomic E-state index is -0.351. The number of aromatic nitrogens is 4. The summed E-state index contributed by atoms with van der Waals surface area (Å²) in [5.74, 6) is 0.833. The fourth-order valence-electron chi connectivity index (χ4n) is 2.08. The van der Waals surface area contributed by atoms with Crippen molar-refractivity contribution in [1.29, 1.82) is 0 Å². The standard InChI is InChI=1S/C17H16N6O2/c1-25-15-9-5-6-13(10-15)11-18-19-16(24)12-23-21-17(20-22-23)14-7-3-2-4-8-14/h2-11H,12H2,1H3,(H,19,24)/b18-11+. The number of nitrogens with one attached hydrogen (secondary N) is 1. The van der Waals surface area contributed by atoms with Crippen molar-refractivity contribution in [1.82, 2.24) is 25.6 Å². The maximum atomic E-state index is 11.9. The van der Waals surface area contributed by atoms with Crippen LogP contribution < -0.4 is 10.2 Å². The van der Waals surface area contributed by atoms with Gasteiger partial charge >= 0.3 is 0 Å². The van der Waals surface area contributed by atoms with Crippen molar-refractivity contribution in [3.8, 4) is 17.1 Å². The van der Waals surface area contributed by atoms with E-state index in [1.54, 1.807) is 13.2 Å². The SMILES string of the molecule is COc1cccc(/C=N/NC(=O)Cn2nnc(-c3ccccc3)n2)c1. The maximum absolute atomic E-state index is 11.9. The van der Waals surface area contributed by atoms with Gasteiger partial charge in [-0.2, -0.15) is 9.90 Å². The highest BCUT2D eigenvalue weighted by Gasteiger charge is 2.08.